The normalized spacial score (nSPS) is 31.5. The van der Waals surface area contributed by atoms with Gasteiger partial charge < -0.3 is 10.2 Å². The van der Waals surface area contributed by atoms with Crippen LogP contribution < -0.4 is 0 Å². The molecule has 0 amide bonds. The number of β-amino-alcohol motifs (C(OH)–C–C–N with tert-alkyl or cyclic N) is 2. The summed E-state index contributed by atoms with van der Waals surface area (Å²) in [7, 11) is -4.66. The molecule has 78 valence electrons. The van der Waals surface area contributed by atoms with Crippen LogP contribution >= 0.6 is 0 Å². The van der Waals surface area contributed by atoms with Crippen molar-refractivity contribution < 1.29 is 27.4 Å². The van der Waals surface area contributed by atoms with Gasteiger partial charge in [-0.25, -0.2) is 8.42 Å². The number of halogens is 2. The van der Waals surface area contributed by atoms with Crippen LogP contribution in [0.2, 0.25) is 0 Å². The average Bonchev–Trinajstić information content (AvgIpc) is 2.32. The maximum atomic E-state index is 11.9. The lowest BCUT2D eigenvalue weighted by Gasteiger charge is -2.13. The number of hydrogen-bond donors (Lipinski definition) is 2. The zero-order chi connectivity index (χ0) is 10.2. The number of aliphatic hydroxyl groups is 2. The van der Waals surface area contributed by atoms with Gasteiger partial charge in [0.15, 0.2) is 0 Å². The summed E-state index contributed by atoms with van der Waals surface area (Å²) in [4.78, 5) is 0. The molecule has 8 heteroatoms. The highest BCUT2D eigenvalue weighted by atomic mass is 32.2. The molecule has 0 saturated carbocycles. The van der Waals surface area contributed by atoms with Crippen molar-refractivity contribution in [1.82, 2.24) is 4.31 Å². The first-order valence-corrected chi connectivity index (χ1v) is 4.99. The van der Waals surface area contributed by atoms with Gasteiger partial charge in [0.05, 0.1) is 12.2 Å². The predicted molar refractivity (Wildman–Crippen MR) is 38.5 cm³/mol. The molecule has 0 aromatic rings. The standard InChI is InChI=1S/C5H9F2NO4S/c6-5(7)13(11,12)8-1-3(9)4(10)2-8/h3-5,9-10H,1-2H2/t3-,4+. The van der Waals surface area contributed by atoms with Crippen LogP contribution in [0.4, 0.5) is 8.78 Å². The highest BCUT2D eigenvalue weighted by molar-refractivity contribution is 7.89. The molecule has 0 aliphatic carbocycles. The third-order valence-electron chi connectivity index (χ3n) is 1.81. The van der Waals surface area contributed by atoms with Crippen LogP contribution in [0.15, 0.2) is 0 Å². The molecule has 0 bridgehead atoms. The van der Waals surface area contributed by atoms with E-state index in [1.165, 1.54) is 0 Å². The highest BCUT2D eigenvalue weighted by Crippen LogP contribution is 2.19. The van der Waals surface area contributed by atoms with Gasteiger partial charge in [0.1, 0.15) is 0 Å². The number of nitrogens with zero attached hydrogens (tertiary/aromatic N) is 1. The lowest BCUT2D eigenvalue weighted by molar-refractivity contribution is 0.0572. The highest BCUT2D eigenvalue weighted by Gasteiger charge is 2.41. The maximum absolute atomic E-state index is 11.9. The van der Waals surface area contributed by atoms with Crippen LogP contribution in [-0.2, 0) is 10.0 Å². The first-order chi connectivity index (χ1) is 5.85. The van der Waals surface area contributed by atoms with E-state index in [0.29, 0.717) is 4.31 Å². The molecule has 2 N–H and O–H groups in total. The third-order valence-corrected chi connectivity index (χ3v) is 3.28. The van der Waals surface area contributed by atoms with Crippen molar-refractivity contribution >= 4 is 10.0 Å². The van der Waals surface area contributed by atoms with Gasteiger partial charge >= 0.3 is 5.76 Å². The van der Waals surface area contributed by atoms with Crippen molar-refractivity contribution in [2.45, 2.75) is 18.0 Å². The van der Waals surface area contributed by atoms with Crippen molar-refractivity contribution in [3.05, 3.63) is 0 Å². The summed E-state index contributed by atoms with van der Waals surface area (Å²) in [5.41, 5.74) is 0. The number of rotatable bonds is 2. The quantitative estimate of drug-likeness (QED) is 0.595. The fraction of sp³-hybridized carbons (Fsp3) is 1.00. The van der Waals surface area contributed by atoms with E-state index in [9.17, 15) is 17.2 Å². The Hall–Kier alpha value is -0.310. The Labute approximate surface area is 73.6 Å². The van der Waals surface area contributed by atoms with Gasteiger partial charge in [-0.1, -0.05) is 0 Å². The summed E-state index contributed by atoms with van der Waals surface area (Å²) in [6, 6.07) is 0. The van der Waals surface area contributed by atoms with E-state index in [0.717, 1.165) is 0 Å². The van der Waals surface area contributed by atoms with Gasteiger partial charge in [0, 0.05) is 13.1 Å². The van der Waals surface area contributed by atoms with Gasteiger partial charge in [0.2, 0.25) is 0 Å². The number of sulfonamides is 1. The van der Waals surface area contributed by atoms with Crippen LogP contribution in [0.1, 0.15) is 0 Å². The fourth-order valence-corrected chi connectivity index (χ4v) is 2.00. The largest absolute Gasteiger partial charge is 0.389 e. The number of hydrogen-bond acceptors (Lipinski definition) is 4. The minimum atomic E-state index is -4.66. The van der Waals surface area contributed by atoms with E-state index in [-0.39, 0.29) is 0 Å². The molecular formula is C5H9F2NO4S. The summed E-state index contributed by atoms with van der Waals surface area (Å²) in [5, 5.41) is 17.8. The van der Waals surface area contributed by atoms with Gasteiger partial charge in [-0.05, 0) is 0 Å². The van der Waals surface area contributed by atoms with Crippen LogP contribution in [0.25, 0.3) is 0 Å². The summed E-state index contributed by atoms with van der Waals surface area (Å²) < 4.78 is 45.8. The Balaban J connectivity index is 2.77. The van der Waals surface area contributed by atoms with Gasteiger partial charge in [-0.15, -0.1) is 0 Å². The zero-order valence-corrected chi connectivity index (χ0v) is 7.29. The Bertz CT molecular complexity index is 270. The Morgan fingerprint density at radius 2 is 1.62 bits per heavy atom. The van der Waals surface area contributed by atoms with Crippen LogP contribution in [0.5, 0.6) is 0 Å². The lowest BCUT2D eigenvalue weighted by Crippen LogP contribution is -2.34. The van der Waals surface area contributed by atoms with Gasteiger partial charge in [-0.3, -0.25) is 0 Å². The minimum absolute atomic E-state index is 0.382. The molecule has 1 aliphatic heterocycles. The average molecular weight is 217 g/mol. The van der Waals surface area contributed by atoms with E-state index >= 15 is 0 Å². The molecule has 1 aliphatic rings. The Morgan fingerprint density at radius 1 is 1.23 bits per heavy atom. The van der Waals surface area contributed by atoms with Gasteiger partial charge in [0.25, 0.3) is 10.0 Å². The van der Waals surface area contributed by atoms with Crippen LogP contribution in [-0.4, -0.2) is 54.0 Å². The molecule has 1 rings (SSSR count). The minimum Gasteiger partial charge on any atom is -0.389 e. The second kappa shape index (κ2) is 3.45. The first-order valence-electron chi connectivity index (χ1n) is 3.49. The Kier molecular flexibility index (Phi) is 2.85. The maximum Gasteiger partial charge on any atom is 0.350 e. The first kappa shape index (κ1) is 10.8. The number of aliphatic hydroxyl groups excluding tert-OH is 2. The summed E-state index contributed by atoms with van der Waals surface area (Å²) >= 11 is 0. The van der Waals surface area contributed by atoms with Crippen molar-refractivity contribution in [2.75, 3.05) is 13.1 Å². The molecule has 0 spiro atoms. The fourth-order valence-electron chi connectivity index (χ4n) is 1.06. The molecule has 0 radical (unpaired) electrons. The van der Waals surface area contributed by atoms with E-state index in [4.69, 9.17) is 10.2 Å². The van der Waals surface area contributed by atoms with E-state index in [1.54, 1.807) is 0 Å². The Morgan fingerprint density at radius 3 is 1.92 bits per heavy atom. The summed E-state index contributed by atoms with van der Waals surface area (Å²) in [6.07, 6.45) is -2.57. The smallest absolute Gasteiger partial charge is 0.350 e. The summed E-state index contributed by atoms with van der Waals surface area (Å²) in [6.45, 7) is -0.957. The molecule has 5 nitrogen and oxygen atoms in total. The van der Waals surface area contributed by atoms with Crippen molar-refractivity contribution in [2.24, 2.45) is 0 Å². The molecule has 0 aromatic carbocycles. The molecule has 1 saturated heterocycles. The van der Waals surface area contributed by atoms with Crippen molar-refractivity contribution in [3.8, 4) is 0 Å². The molecule has 0 aromatic heterocycles. The second-order valence-corrected chi connectivity index (χ2v) is 4.66. The molecule has 1 fully saturated rings. The molecular weight excluding hydrogens is 208 g/mol. The van der Waals surface area contributed by atoms with E-state index in [2.05, 4.69) is 0 Å². The monoisotopic (exact) mass is 217 g/mol. The van der Waals surface area contributed by atoms with Crippen LogP contribution in [0, 0.1) is 0 Å². The SMILES string of the molecule is O=S(=O)(C(F)F)N1C[C@@H](O)[C@@H](O)C1. The summed E-state index contributed by atoms with van der Waals surface area (Å²) in [5.74, 6) is -3.51. The van der Waals surface area contributed by atoms with Crippen LogP contribution in [0.3, 0.4) is 0 Å². The third kappa shape index (κ3) is 1.96. The zero-order valence-electron chi connectivity index (χ0n) is 6.47. The van der Waals surface area contributed by atoms with Crippen molar-refractivity contribution in [3.63, 3.8) is 0 Å². The lowest BCUT2D eigenvalue weighted by atomic mass is 10.3. The van der Waals surface area contributed by atoms with Gasteiger partial charge in [-0.2, -0.15) is 13.1 Å². The van der Waals surface area contributed by atoms with E-state index < -0.39 is 41.1 Å². The molecule has 13 heavy (non-hydrogen) atoms. The predicted octanol–water partition coefficient (Wildman–Crippen LogP) is -1.42. The topological polar surface area (TPSA) is 77.8 Å². The van der Waals surface area contributed by atoms with E-state index in [1.807, 2.05) is 0 Å². The second-order valence-electron chi connectivity index (χ2n) is 2.76. The number of alkyl halides is 2. The van der Waals surface area contributed by atoms with Crippen molar-refractivity contribution in [1.29, 1.82) is 0 Å². The molecule has 1 heterocycles. The molecule has 2 atom stereocenters. The molecule has 0 unspecified atom stereocenters.